The highest BCUT2D eigenvalue weighted by molar-refractivity contribution is 7.84. The number of anilines is 1. The van der Waals surface area contributed by atoms with Gasteiger partial charge in [0, 0.05) is 42.6 Å². The molecule has 9 heteroatoms. The monoisotopic (exact) mass is 684 g/mol. The van der Waals surface area contributed by atoms with Gasteiger partial charge in [-0.05, 0) is 98.7 Å². The van der Waals surface area contributed by atoms with E-state index in [1.54, 1.807) is 20.1 Å². The van der Waals surface area contributed by atoms with Crippen LogP contribution >= 0.6 is 11.6 Å². The number of nitrogens with zero attached hydrogens (tertiary/aromatic N) is 1. The van der Waals surface area contributed by atoms with Crippen molar-refractivity contribution in [2.75, 3.05) is 31.7 Å². The minimum Gasteiger partial charge on any atom is -0.491 e. The van der Waals surface area contributed by atoms with Gasteiger partial charge < -0.3 is 14.4 Å². The average molecular weight is 685 g/mol. The molecule has 5 rings (SSSR count). The molecule has 7 nitrogen and oxygen atoms in total. The highest BCUT2D eigenvalue weighted by Gasteiger charge is 2.39. The first-order valence-electron chi connectivity index (χ1n) is 17.1. The minimum absolute atomic E-state index is 0.0478. The zero-order valence-corrected chi connectivity index (χ0v) is 30.7. The highest BCUT2D eigenvalue weighted by atomic mass is 35.5. The normalized spacial score (nSPS) is 28.4. The van der Waals surface area contributed by atoms with Crippen LogP contribution in [0, 0.1) is 23.7 Å². The van der Waals surface area contributed by atoms with Gasteiger partial charge >= 0.3 is 0 Å². The van der Waals surface area contributed by atoms with Crippen molar-refractivity contribution in [2.45, 2.75) is 90.9 Å². The first kappa shape index (κ1) is 37.1. The maximum atomic E-state index is 13.3. The second-order valence-corrected chi connectivity index (χ2v) is 15.7. The SMILES string of the molecule is CC(=O)C(C)C.CCCc1cc(Cl)ccc1C1COc2ccc3cc2N(C1)CC1CCC1C(OC)/C=C/CC(C)C(C)S(=O)NC3=O. The molecule has 2 bridgehead atoms. The van der Waals surface area contributed by atoms with Gasteiger partial charge in [-0.3, -0.25) is 14.3 Å². The maximum absolute atomic E-state index is 13.3. The number of nitrogens with one attached hydrogen (secondary N) is 1. The fourth-order valence-electron chi connectivity index (χ4n) is 6.46. The third-order valence-electron chi connectivity index (χ3n) is 10.1. The number of fused-ring (bicyclic) bond motifs is 2. The Morgan fingerprint density at radius 3 is 2.53 bits per heavy atom. The van der Waals surface area contributed by atoms with Crippen LogP contribution in [0.2, 0.25) is 5.02 Å². The molecule has 0 aromatic heterocycles. The molecule has 2 aromatic rings. The molecule has 258 valence electrons. The lowest BCUT2D eigenvalue weighted by Gasteiger charge is -2.43. The fraction of sp³-hybridized carbons (Fsp3) is 0.579. The summed E-state index contributed by atoms with van der Waals surface area (Å²) in [5, 5.41) is 0.569. The molecule has 3 aliphatic rings. The predicted octanol–water partition coefficient (Wildman–Crippen LogP) is 7.93. The molecular weight excluding hydrogens is 632 g/mol. The van der Waals surface area contributed by atoms with Gasteiger partial charge in [-0.1, -0.05) is 63.9 Å². The van der Waals surface area contributed by atoms with Crippen LogP contribution in [0.3, 0.4) is 0 Å². The van der Waals surface area contributed by atoms with Crippen LogP contribution in [0.1, 0.15) is 94.6 Å². The van der Waals surface area contributed by atoms with Crippen LogP contribution in [-0.2, 0) is 26.9 Å². The Hall–Kier alpha value is -2.68. The summed E-state index contributed by atoms with van der Waals surface area (Å²) in [6.45, 7) is 13.8. The zero-order chi connectivity index (χ0) is 34.2. The van der Waals surface area contributed by atoms with E-state index in [9.17, 15) is 13.8 Å². The maximum Gasteiger partial charge on any atom is 0.263 e. The van der Waals surface area contributed by atoms with Gasteiger partial charge in [0.1, 0.15) is 22.5 Å². The lowest BCUT2D eigenvalue weighted by atomic mass is 9.70. The average Bonchev–Trinajstić information content (AvgIpc) is 3.21. The van der Waals surface area contributed by atoms with E-state index >= 15 is 0 Å². The molecule has 1 N–H and O–H groups in total. The molecule has 1 fully saturated rings. The number of carbonyl (C=O) groups is 2. The van der Waals surface area contributed by atoms with Gasteiger partial charge in [0.05, 0.1) is 23.6 Å². The summed E-state index contributed by atoms with van der Waals surface area (Å²) >= 11 is 6.40. The molecular formula is C38H53ClN2O5S. The Balaban J connectivity index is 0.000000762. The molecule has 47 heavy (non-hydrogen) atoms. The van der Waals surface area contributed by atoms with E-state index in [1.807, 2.05) is 39.0 Å². The number of amides is 1. The van der Waals surface area contributed by atoms with Crippen molar-refractivity contribution >= 4 is 40.0 Å². The number of hydrogen-bond donors (Lipinski definition) is 1. The third-order valence-corrected chi connectivity index (χ3v) is 11.9. The summed E-state index contributed by atoms with van der Waals surface area (Å²) in [6.07, 6.45) is 9.47. The van der Waals surface area contributed by atoms with Gasteiger partial charge in [-0.15, -0.1) is 0 Å². The van der Waals surface area contributed by atoms with Gasteiger partial charge in [-0.2, -0.15) is 0 Å². The molecule has 0 saturated heterocycles. The number of rotatable bonds is 5. The molecule has 2 aromatic carbocycles. The first-order chi connectivity index (χ1) is 22.4. The van der Waals surface area contributed by atoms with Gasteiger partial charge in [0.25, 0.3) is 5.91 Å². The van der Waals surface area contributed by atoms with Crippen molar-refractivity contribution in [3.05, 3.63) is 70.3 Å². The molecule has 1 aliphatic carbocycles. The van der Waals surface area contributed by atoms with Crippen LogP contribution in [0.15, 0.2) is 48.6 Å². The highest BCUT2D eigenvalue weighted by Crippen LogP contribution is 2.43. The Kier molecular flexibility index (Phi) is 13.5. The summed E-state index contributed by atoms with van der Waals surface area (Å²) in [5.41, 5.74) is 3.95. The van der Waals surface area contributed by atoms with E-state index in [0.29, 0.717) is 24.0 Å². The van der Waals surface area contributed by atoms with Gasteiger partial charge in [-0.25, -0.2) is 4.21 Å². The third kappa shape index (κ3) is 9.48. The number of aryl methyl sites for hydroxylation is 1. The molecule has 0 radical (unpaired) electrons. The van der Waals surface area contributed by atoms with E-state index < -0.39 is 11.0 Å². The molecule has 2 aliphatic heterocycles. The number of halogens is 1. The van der Waals surface area contributed by atoms with Crippen molar-refractivity contribution in [1.29, 1.82) is 0 Å². The quantitative estimate of drug-likeness (QED) is 0.322. The zero-order valence-electron chi connectivity index (χ0n) is 29.1. The molecule has 0 spiro atoms. The predicted molar refractivity (Wildman–Crippen MR) is 193 cm³/mol. The number of ether oxygens (including phenoxy) is 2. The van der Waals surface area contributed by atoms with E-state index in [0.717, 1.165) is 61.7 Å². The number of benzene rings is 2. The van der Waals surface area contributed by atoms with Crippen molar-refractivity contribution in [1.82, 2.24) is 4.72 Å². The summed E-state index contributed by atoms with van der Waals surface area (Å²) < 4.78 is 28.3. The van der Waals surface area contributed by atoms with E-state index in [-0.39, 0.29) is 40.8 Å². The first-order valence-corrected chi connectivity index (χ1v) is 18.7. The Morgan fingerprint density at radius 2 is 1.89 bits per heavy atom. The number of methoxy groups -OCH3 is 1. The van der Waals surface area contributed by atoms with Crippen molar-refractivity contribution in [2.24, 2.45) is 23.7 Å². The number of ketones is 1. The lowest BCUT2D eigenvalue weighted by molar-refractivity contribution is -0.119. The molecule has 7 atom stereocenters. The number of carbonyl (C=O) groups excluding carboxylic acids is 2. The minimum atomic E-state index is -1.50. The number of hydrogen-bond acceptors (Lipinski definition) is 6. The molecule has 1 amide bonds. The summed E-state index contributed by atoms with van der Waals surface area (Å²) in [4.78, 5) is 25.8. The van der Waals surface area contributed by atoms with Crippen molar-refractivity contribution in [3.63, 3.8) is 0 Å². The van der Waals surface area contributed by atoms with Crippen LogP contribution in [0.4, 0.5) is 5.69 Å². The van der Waals surface area contributed by atoms with Gasteiger partial charge in [0.15, 0.2) is 0 Å². The Morgan fingerprint density at radius 1 is 1.15 bits per heavy atom. The van der Waals surface area contributed by atoms with Crippen molar-refractivity contribution in [3.8, 4) is 5.75 Å². The van der Waals surface area contributed by atoms with E-state index in [4.69, 9.17) is 21.1 Å². The Bertz CT molecular complexity index is 1450. The summed E-state index contributed by atoms with van der Waals surface area (Å²) in [7, 11) is 0.296. The standard InChI is InChI=1S/C33H43ClN2O4S.C5H10O/c1-5-7-23-16-27(34)12-14-28(23)26-19-36-18-25-10-13-29(25)31(39-4)9-6-8-21(2)22(3)41(38)35-33(37)24-11-15-32(40-20-26)30(36)17-24;1-4(2)5(3)6/h6,9,11-12,14-17,21-22,25-26,29,31H,5,7-8,10,13,18-20H2,1-4H3,(H,35,37);4H,1-3H3/b9-6+;. The number of Topliss-reactive ketones (excluding diaryl/α,β-unsaturated/α-hetero) is 1. The second-order valence-electron chi connectivity index (χ2n) is 13.7. The van der Waals surface area contributed by atoms with Crippen LogP contribution in [0.25, 0.3) is 0 Å². The Labute approximate surface area is 289 Å². The largest absolute Gasteiger partial charge is 0.491 e. The number of allylic oxidation sites excluding steroid dienone is 1. The second kappa shape index (κ2) is 17.1. The molecule has 2 heterocycles. The summed E-state index contributed by atoms with van der Waals surface area (Å²) in [5.74, 6) is 2.11. The topological polar surface area (TPSA) is 84.9 Å². The van der Waals surface area contributed by atoms with E-state index in [1.165, 1.54) is 11.1 Å². The van der Waals surface area contributed by atoms with Gasteiger partial charge in [0.2, 0.25) is 0 Å². The summed E-state index contributed by atoms with van der Waals surface area (Å²) in [6, 6.07) is 11.8. The van der Waals surface area contributed by atoms with E-state index in [2.05, 4.69) is 47.8 Å². The smallest absolute Gasteiger partial charge is 0.263 e. The molecule has 7 unspecified atom stereocenters. The van der Waals surface area contributed by atoms with Crippen molar-refractivity contribution < 1.29 is 23.3 Å². The van der Waals surface area contributed by atoms with Crippen LogP contribution in [0.5, 0.6) is 5.75 Å². The van der Waals surface area contributed by atoms with Crippen LogP contribution < -0.4 is 14.4 Å². The fourth-order valence-corrected chi connectivity index (χ4v) is 7.68. The van der Waals surface area contributed by atoms with Crippen LogP contribution in [-0.4, -0.2) is 54.1 Å². The lowest BCUT2D eigenvalue weighted by Crippen LogP contribution is -2.44. The molecule has 1 saturated carbocycles.